The molecule has 2 rings (SSSR count). The van der Waals surface area contributed by atoms with Crippen LogP contribution in [0.5, 0.6) is 11.5 Å². The summed E-state index contributed by atoms with van der Waals surface area (Å²) in [6, 6.07) is 12.8. The van der Waals surface area contributed by atoms with Crippen LogP contribution in [0.3, 0.4) is 0 Å². The Labute approximate surface area is 144 Å². The van der Waals surface area contributed by atoms with Crippen LogP contribution < -0.4 is 9.47 Å². The zero-order valence-electron chi connectivity index (χ0n) is 15.0. The predicted octanol–water partition coefficient (Wildman–Crippen LogP) is 5.20. The van der Waals surface area contributed by atoms with Gasteiger partial charge in [0.15, 0.2) is 0 Å². The molecule has 0 spiro atoms. The van der Waals surface area contributed by atoms with Crippen LogP contribution in [0.1, 0.15) is 48.7 Å². The highest BCUT2D eigenvalue weighted by Crippen LogP contribution is 2.20. The molecule has 3 heteroatoms. The largest absolute Gasteiger partial charge is 0.494 e. The van der Waals surface area contributed by atoms with Gasteiger partial charge in [-0.2, -0.15) is 0 Å². The van der Waals surface area contributed by atoms with E-state index in [9.17, 15) is 4.79 Å². The minimum absolute atomic E-state index is 0.354. The SMILES string of the molecule is CCc1ccc(OC(=O)c2ccc(OCCC(C)C)cc2)cc1C. The first-order valence-electron chi connectivity index (χ1n) is 8.54. The summed E-state index contributed by atoms with van der Waals surface area (Å²) in [4.78, 5) is 12.2. The highest BCUT2D eigenvalue weighted by atomic mass is 16.5. The second kappa shape index (κ2) is 8.53. The van der Waals surface area contributed by atoms with Crippen molar-refractivity contribution >= 4 is 5.97 Å². The molecule has 0 aliphatic rings. The van der Waals surface area contributed by atoms with Crippen LogP contribution in [-0.4, -0.2) is 12.6 Å². The summed E-state index contributed by atoms with van der Waals surface area (Å²) in [7, 11) is 0. The summed E-state index contributed by atoms with van der Waals surface area (Å²) >= 11 is 0. The van der Waals surface area contributed by atoms with Gasteiger partial charge in [0.2, 0.25) is 0 Å². The summed E-state index contributed by atoms with van der Waals surface area (Å²) in [6.07, 6.45) is 1.98. The number of hydrogen-bond donors (Lipinski definition) is 0. The number of hydrogen-bond acceptors (Lipinski definition) is 3. The van der Waals surface area contributed by atoms with Crippen LogP contribution in [0.2, 0.25) is 0 Å². The quantitative estimate of drug-likeness (QED) is 0.518. The van der Waals surface area contributed by atoms with Crippen molar-refractivity contribution in [1.82, 2.24) is 0 Å². The maximum atomic E-state index is 12.2. The van der Waals surface area contributed by atoms with Gasteiger partial charge < -0.3 is 9.47 Å². The standard InChI is InChI=1S/C21H26O3/c1-5-17-6-11-20(14-16(17)4)24-21(22)18-7-9-19(10-8-18)23-13-12-15(2)3/h6-11,14-15H,5,12-13H2,1-4H3. The minimum Gasteiger partial charge on any atom is -0.494 e. The maximum Gasteiger partial charge on any atom is 0.343 e. The molecule has 0 atom stereocenters. The third-order valence-electron chi connectivity index (χ3n) is 3.96. The van der Waals surface area contributed by atoms with Crippen LogP contribution in [-0.2, 0) is 6.42 Å². The van der Waals surface area contributed by atoms with E-state index in [4.69, 9.17) is 9.47 Å². The fraction of sp³-hybridized carbons (Fsp3) is 0.381. The summed E-state index contributed by atoms with van der Waals surface area (Å²) in [6.45, 7) is 9.15. The lowest BCUT2D eigenvalue weighted by molar-refractivity contribution is 0.0734. The smallest absolute Gasteiger partial charge is 0.343 e. The van der Waals surface area contributed by atoms with E-state index in [1.54, 1.807) is 12.1 Å². The number of carbonyl (C=O) groups is 1. The average Bonchev–Trinajstić information content (AvgIpc) is 2.55. The van der Waals surface area contributed by atoms with Crippen molar-refractivity contribution in [2.24, 2.45) is 5.92 Å². The molecule has 0 aromatic heterocycles. The second-order valence-corrected chi connectivity index (χ2v) is 6.39. The summed E-state index contributed by atoms with van der Waals surface area (Å²) in [5.41, 5.74) is 2.91. The van der Waals surface area contributed by atoms with Crippen molar-refractivity contribution in [3.8, 4) is 11.5 Å². The van der Waals surface area contributed by atoms with E-state index >= 15 is 0 Å². The Morgan fingerprint density at radius 1 is 1.04 bits per heavy atom. The van der Waals surface area contributed by atoms with E-state index in [-0.39, 0.29) is 5.97 Å². The second-order valence-electron chi connectivity index (χ2n) is 6.39. The van der Waals surface area contributed by atoms with Gasteiger partial charge in [-0.1, -0.05) is 26.8 Å². The Kier molecular flexibility index (Phi) is 6.42. The van der Waals surface area contributed by atoms with E-state index < -0.39 is 0 Å². The third-order valence-corrected chi connectivity index (χ3v) is 3.96. The molecule has 0 unspecified atom stereocenters. The van der Waals surface area contributed by atoms with Crippen molar-refractivity contribution in [2.45, 2.75) is 40.5 Å². The molecule has 128 valence electrons. The van der Waals surface area contributed by atoms with E-state index in [1.807, 2.05) is 37.3 Å². The molecule has 0 heterocycles. The fourth-order valence-electron chi connectivity index (χ4n) is 2.39. The maximum absolute atomic E-state index is 12.2. The first-order valence-corrected chi connectivity index (χ1v) is 8.54. The molecule has 0 amide bonds. The van der Waals surface area contributed by atoms with E-state index in [0.717, 1.165) is 24.2 Å². The Morgan fingerprint density at radius 3 is 2.29 bits per heavy atom. The van der Waals surface area contributed by atoms with Gasteiger partial charge in [0.1, 0.15) is 11.5 Å². The molecule has 0 saturated carbocycles. The molecular weight excluding hydrogens is 300 g/mol. The average molecular weight is 326 g/mol. The highest BCUT2D eigenvalue weighted by molar-refractivity contribution is 5.91. The molecule has 0 fully saturated rings. The first-order chi connectivity index (χ1) is 11.5. The summed E-state index contributed by atoms with van der Waals surface area (Å²) in [5.74, 6) is 1.61. The van der Waals surface area contributed by atoms with Crippen molar-refractivity contribution in [3.63, 3.8) is 0 Å². The minimum atomic E-state index is -0.354. The van der Waals surface area contributed by atoms with E-state index in [1.165, 1.54) is 5.56 Å². The molecule has 2 aromatic rings. The molecule has 0 bridgehead atoms. The molecule has 0 radical (unpaired) electrons. The number of aryl methyl sites for hydroxylation is 2. The van der Waals surface area contributed by atoms with Gasteiger partial charge in [-0.15, -0.1) is 0 Å². The van der Waals surface area contributed by atoms with Crippen molar-refractivity contribution in [3.05, 3.63) is 59.2 Å². The molecule has 3 nitrogen and oxygen atoms in total. The molecule has 0 aliphatic heterocycles. The van der Waals surface area contributed by atoms with Gasteiger partial charge in [0, 0.05) is 0 Å². The molecule has 0 N–H and O–H groups in total. The van der Waals surface area contributed by atoms with Crippen LogP contribution >= 0.6 is 0 Å². The Hall–Kier alpha value is -2.29. The summed E-state index contributed by atoms with van der Waals surface area (Å²) in [5, 5.41) is 0. The lowest BCUT2D eigenvalue weighted by atomic mass is 10.1. The highest BCUT2D eigenvalue weighted by Gasteiger charge is 2.10. The third kappa shape index (κ3) is 5.12. The fourth-order valence-corrected chi connectivity index (χ4v) is 2.39. The van der Waals surface area contributed by atoms with Gasteiger partial charge in [-0.05, 0) is 73.2 Å². The monoisotopic (exact) mass is 326 g/mol. The van der Waals surface area contributed by atoms with Crippen LogP contribution in [0.25, 0.3) is 0 Å². The van der Waals surface area contributed by atoms with Gasteiger partial charge in [0.25, 0.3) is 0 Å². The van der Waals surface area contributed by atoms with Gasteiger partial charge >= 0.3 is 5.97 Å². The lowest BCUT2D eigenvalue weighted by Gasteiger charge is -2.10. The Morgan fingerprint density at radius 2 is 1.71 bits per heavy atom. The molecule has 0 saturated heterocycles. The lowest BCUT2D eigenvalue weighted by Crippen LogP contribution is -2.09. The Balaban J connectivity index is 1.96. The van der Waals surface area contributed by atoms with E-state index in [0.29, 0.717) is 23.8 Å². The van der Waals surface area contributed by atoms with Crippen molar-refractivity contribution in [1.29, 1.82) is 0 Å². The van der Waals surface area contributed by atoms with Gasteiger partial charge in [-0.3, -0.25) is 0 Å². The van der Waals surface area contributed by atoms with Gasteiger partial charge in [0.05, 0.1) is 12.2 Å². The number of ether oxygens (including phenoxy) is 2. The number of benzene rings is 2. The van der Waals surface area contributed by atoms with Crippen LogP contribution in [0.4, 0.5) is 0 Å². The predicted molar refractivity (Wildman–Crippen MR) is 96.9 cm³/mol. The van der Waals surface area contributed by atoms with Crippen LogP contribution in [0.15, 0.2) is 42.5 Å². The first kappa shape index (κ1) is 18.1. The Bertz CT molecular complexity index is 672. The summed E-state index contributed by atoms with van der Waals surface area (Å²) < 4.78 is 11.1. The zero-order valence-corrected chi connectivity index (χ0v) is 15.0. The van der Waals surface area contributed by atoms with E-state index in [2.05, 4.69) is 20.8 Å². The molecule has 24 heavy (non-hydrogen) atoms. The molecular formula is C21H26O3. The number of rotatable bonds is 7. The zero-order chi connectivity index (χ0) is 17.5. The van der Waals surface area contributed by atoms with Gasteiger partial charge in [-0.25, -0.2) is 4.79 Å². The molecule has 0 aliphatic carbocycles. The van der Waals surface area contributed by atoms with Crippen molar-refractivity contribution in [2.75, 3.05) is 6.61 Å². The van der Waals surface area contributed by atoms with Crippen LogP contribution in [0, 0.1) is 12.8 Å². The number of esters is 1. The number of carbonyl (C=O) groups excluding carboxylic acids is 1. The topological polar surface area (TPSA) is 35.5 Å². The van der Waals surface area contributed by atoms with Crippen molar-refractivity contribution < 1.29 is 14.3 Å². The molecule has 2 aromatic carbocycles. The normalized spacial score (nSPS) is 10.7.